The predicted octanol–water partition coefficient (Wildman–Crippen LogP) is 3.32. The summed E-state index contributed by atoms with van der Waals surface area (Å²) in [4.78, 5) is 21.5. The van der Waals surface area contributed by atoms with Crippen LogP contribution in [0.15, 0.2) is 40.0 Å². The molecule has 3 aromatic rings. The van der Waals surface area contributed by atoms with Crippen molar-refractivity contribution in [2.24, 2.45) is 0 Å². The first kappa shape index (κ1) is 12.8. The van der Waals surface area contributed by atoms with Crippen LogP contribution in [-0.4, -0.2) is 14.5 Å². The van der Waals surface area contributed by atoms with E-state index in [0.29, 0.717) is 21.9 Å². The summed E-state index contributed by atoms with van der Waals surface area (Å²) in [6.45, 7) is 0.429. The van der Waals surface area contributed by atoms with Crippen LogP contribution in [0.25, 0.3) is 10.9 Å². The van der Waals surface area contributed by atoms with Gasteiger partial charge in [-0.2, -0.15) is 0 Å². The number of benzene rings is 1. The zero-order valence-corrected chi connectivity index (χ0v) is 12.7. The Bertz CT molecular complexity index is 814. The fraction of sp³-hybridized carbons (Fsp3) is 0.0833. The molecule has 0 saturated carbocycles. The van der Waals surface area contributed by atoms with Crippen molar-refractivity contribution < 1.29 is 0 Å². The maximum atomic E-state index is 12.3. The van der Waals surface area contributed by atoms with Crippen LogP contribution in [0.5, 0.6) is 0 Å². The average Bonchev–Trinajstić information content (AvgIpc) is 2.79. The number of aromatic nitrogens is 3. The number of thiazole rings is 1. The van der Waals surface area contributed by atoms with Gasteiger partial charge in [0.1, 0.15) is 0 Å². The van der Waals surface area contributed by atoms with Crippen molar-refractivity contribution in [3.8, 4) is 0 Å². The molecule has 0 aliphatic carbocycles. The molecule has 0 unspecified atom stereocenters. The summed E-state index contributed by atoms with van der Waals surface area (Å²) in [6, 6.07) is 5.46. The van der Waals surface area contributed by atoms with E-state index in [0.717, 1.165) is 9.35 Å². The molecular weight excluding hydrogens is 350 g/mol. The number of rotatable bonds is 2. The minimum absolute atomic E-state index is 0.0733. The Balaban J connectivity index is 2.09. The third kappa shape index (κ3) is 2.56. The van der Waals surface area contributed by atoms with Gasteiger partial charge in [-0.1, -0.05) is 27.5 Å². The van der Waals surface area contributed by atoms with Crippen molar-refractivity contribution in [2.75, 3.05) is 0 Å². The first-order chi connectivity index (χ1) is 9.13. The third-order valence-corrected chi connectivity index (χ3v) is 4.23. The fourth-order valence-corrected chi connectivity index (χ4v) is 3.11. The van der Waals surface area contributed by atoms with Gasteiger partial charge in [0.25, 0.3) is 5.56 Å². The van der Waals surface area contributed by atoms with Gasteiger partial charge in [-0.3, -0.25) is 9.36 Å². The number of hydrogen-bond acceptors (Lipinski definition) is 4. The van der Waals surface area contributed by atoms with E-state index in [1.165, 1.54) is 11.3 Å². The largest absolute Gasteiger partial charge is 0.293 e. The van der Waals surface area contributed by atoms with Crippen LogP contribution in [-0.2, 0) is 6.54 Å². The van der Waals surface area contributed by atoms with Crippen molar-refractivity contribution in [3.63, 3.8) is 0 Å². The van der Waals surface area contributed by atoms with Crippen molar-refractivity contribution in [3.05, 3.63) is 54.9 Å². The summed E-state index contributed by atoms with van der Waals surface area (Å²) in [5, 5.41) is 0.590. The summed E-state index contributed by atoms with van der Waals surface area (Å²) in [7, 11) is 0. The topological polar surface area (TPSA) is 47.8 Å². The van der Waals surface area contributed by atoms with Crippen molar-refractivity contribution in [1.82, 2.24) is 14.5 Å². The lowest BCUT2D eigenvalue weighted by Crippen LogP contribution is -2.20. The minimum Gasteiger partial charge on any atom is -0.293 e. The molecule has 0 amide bonds. The molecule has 0 bridgehead atoms. The fourth-order valence-electron chi connectivity index (χ4n) is 1.77. The molecule has 2 aromatic heterocycles. The molecule has 0 atom stereocenters. The highest BCUT2D eigenvalue weighted by molar-refractivity contribution is 9.10. The Morgan fingerprint density at radius 2 is 2.21 bits per heavy atom. The lowest BCUT2D eigenvalue weighted by Gasteiger charge is -2.04. The molecule has 7 heteroatoms. The van der Waals surface area contributed by atoms with Gasteiger partial charge in [-0.25, -0.2) is 9.97 Å². The molecule has 0 spiro atoms. The SMILES string of the molecule is O=c1c2cc(Br)ccc2ncn1Cc1cnc(Cl)s1. The Morgan fingerprint density at radius 1 is 1.37 bits per heavy atom. The van der Waals surface area contributed by atoms with Gasteiger partial charge < -0.3 is 0 Å². The maximum absolute atomic E-state index is 12.3. The lowest BCUT2D eigenvalue weighted by atomic mass is 10.2. The smallest absolute Gasteiger partial charge is 0.261 e. The predicted molar refractivity (Wildman–Crippen MR) is 79.9 cm³/mol. The average molecular weight is 357 g/mol. The van der Waals surface area contributed by atoms with E-state index < -0.39 is 0 Å². The van der Waals surface area contributed by atoms with Gasteiger partial charge in [-0.15, -0.1) is 11.3 Å². The first-order valence-electron chi connectivity index (χ1n) is 5.38. The van der Waals surface area contributed by atoms with Gasteiger partial charge >= 0.3 is 0 Å². The highest BCUT2D eigenvalue weighted by Crippen LogP contribution is 2.19. The molecule has 4 nitrogen and oxygen atoms in total. The molecule has 0 fully saturated rings. The van der Waals surface area contributed by atoms with Gasteiger partial charge in [0.05, 0.1) is 23.8 Å². The molecule has 96 valence electrons. The Kier molecular flexibility index (Phi) is 3.38. The molecule has 19 heavy (non-hydrogen) atoms. The normalized spacial score (nSPS) is 11.1. The summed E-state index contributed by atoms with van der Waals surface area (Å²) >= 11 is 10.5. The molecule has 3 rings (SSSR count). The maximum Gasteiger partial charge on any atom is 0.261 e. The van der Waals surface area contributed by atoms with E-state index in [-0.39, 0.29) is 5.56 Å². The summed E-state index contributed by atoms with van der Waals surface area (Å²) in [6.07, 6.45) is 3.22. The second-order valence-electron chi connectivity index (χ2n) is 3.92. The Morgan fingerprint density at radius 3 is 2.95 bits per heavy atom. The van der Waals surface area contributed by atoms with Crippen LogP contribution in [0.1, 0.15) is 4.88 Å². The number of nitrogens with zero attached hydrogens (tertiary/aromatic N) is 3. The van der Waals surface area contributed by atoms with Crippen molar-refractivity contribution >= 4 is 49.8 Å². The molecule has 0 N–H and O–H groups in total. The van der Waals surface area contributed by atoms with Gasteiger partial charge in [0.2, 0.25) is 0 Å². The monoisotopic (exact) mass is 355 g/mol. The van der Waals surface area contributed by atoms with Gasteiger partial charge in [-0.05, 0) is 18.2 Å². The van der Waals surface area contributed by atoms with Crippen LogP contribution in [0, 0.1) is 0 Å². The molecule has 0 aliphatic heterocycles. The number of fused-ring (bicyclic) bond motifs is 1. The highest BCUT2D eigenvalue weighted by atomic mass is 79.9. The second-order valence-corrected chi connectivity index (χ2v) is 6.53. The molecular formula is C12H7BrClN3OS. The zero-order chi connectivity index (χ0) is 13.4. The van der Waals surface area contributed by atoms with E-state index in [4.69, 9.17) is 11.6 Å². The molecule has 0 radical (unpaired) electrons. The van der Waals surface area contributed by atoms with Crippen LogP contribution in [0.2, 0.25) is 4.47 Å². The lowest BCUT2D eigenvalue weighted by molar-refractivity contribution is 0.757. The van der Waals surface area contributed by atoms with Crippen molar-refractivity contribution in [2.45, 2.75) is 6.54 Å². The molecule has 0 saturated heterocycles. The van der Waals surface area contributed by atoms with E-state index >= 15 is 0 Å². The standard InChI is InChI=1S/C12H7BrClN3OS/c13-7-1-2-10-9(3-7)11(18)17(6-16-10)5-8-4-15-12(14)19-8/h1-4,6H,5H2. The Hall–Kier alpha value is -1.24. The number of halogens is 2. The Labute approximate surface area is 125 Å². The number of hydrogen-bond donors (Lipinski definition) is 0. The summed E-state index contributed by atoms with van der Waals surface area (Å²) in [5.74, 6) is 0. The van der Waals surface area contributed by atoms with Crippen LogP contribution in [0.3, 0.4) is 0 Å². The second kappa shape index (κ2) is 5.03. The van der Waals surface area contributed by atoms with E-state index in [2.05, 4.69) is 25.9 Å². The minimum atomic E-state index is -0.0733. The molecule has 0 aliphatic rings. The highest BCUT2D eigenvalue weighted by Gasteiger charge is 2.07. The van der Waals surface area contributed by atoms with E-state index in [1.54, 1.807) is 23.2 Å². The van der Waals surface area contributed by atoms with Crippen molar-refractivity contribution in [1.29, 1.82) is 0 Å². The first-order valence-corrected chi connectivity index (χ1v) is 7.37. The van der Waals surface area contributed by atoms with Crippen LogP contribution in [0.4, 0.5) is 0 Å². The zero-order valence-electron chi connectivity index (χ0n) is 9.51. The summed E-state index contributed by atoms with van der Waals surface area (Å²) < 4.78 is 2.88. The van der Waals surface area contributed by atoms with E-state index in [9.17, 15) is 4.79 Å². The van der Waals surface area contributed by atoms with Crippen LogP contribution < -0.4 is 5.56 Å². The molecule has 2 heterocycles. The van der Waals surface area contributed by atoms with Gasteiger partial charge in [0.15, 0.2) is 4.47 Å². The van der Waals surface area contributed by atoms with Crippen LogP contribution >= 0.6 is 38.9 Å². The third-order valence-electron chi connectivity index (χ3n) is 2.64. The van der Waals surface area contributed by atoms with Gasteiger partial charge in [0, 0.05) is 15.5 Å². The van der Waals surface area contributed by atoms with E-state index in [1.807, 2.05) is 12.1 Å². The summed E-state index contributed by atoms with van der Waals surface area (Å²) in [5.41, 5.74) is 0.614. The quantitative estimate of drug-likeness (QED) is 0.708. The molecule has 1 aromatic carbocycles.